The van der Waals surface area contributed by atoms with Crippen LogP contribution in [0.4, 0.5) is 11.8 Å². The second kappa shape index (κ2) is 4.12. The maximum Gasteiger partial charge on any atom is 0.224 e. The van der Waals surface area contributed by atoms with Crippen molar-refractivity contribution in [2.75, 3.05) is 17.2 Å². The van der Waals surface area contributed by atoms with E-state index in [1.165, 1.54) is 12.8 Å². The molecule has 0 bridgehead atoms. The summed E-state index contributed by atoms with van der Waals surface area (Å²) < 4.78 is 0. The molecule has 0 aromatic carbocycles. The number of aromatic nitrogens is 4. The van der Waals surface area contributed by atoms with Crippen LogP contribution in [-0.2, 0) is 0 Å². The molecule has 0 aliphatic carbocycles. The van der Waals surface area contributed by atoms with Gasteiger partial charge >= 0.3 is 0 Å². The molecule has 0 saturated carbocycles. The monoisotopic (exact) mass is 246 g/mol. The first-order valence-electron chi connectivity index (χ1n) is 6.40. The molecule has 3 rings (SSSR count). The molecule has 2 aromatic heterocycles. The minimum Gasteiger partial charge on any atom is -0.368 e. The normalized spacial score (nSPS) is 20.2. The molecule has 2 aromatic rings. The zero-order valence-electron chi connectivity index (χ0n) is 10.7. The van der Waals surface area contributed by atoms with Crippen LogP contribution in [0.3, 0.4) is 0 Å². The highest BCUT2D eigenvalue weighted by atomic mass is 15.3. The van der Waals surface area contributed by atoms with Crippen LogP contribution in [-0.4, -0.2) is 32.8 Å². The van der Waals surface area contributed by atoms with Crippen LogP contribution in [0.15, 0.2) is 6.20 Å². The number of aromatic amines is 1. The van der Waals surface area contributed by atoms with Crippen LogP contribution in [0.2, 0.25) is 0 Å². The van der Waals surface area contributed by atoms with Crippen molar-refractivity contribution in [3.8, 4) is 0 Å². The fourth-order valence-corrected chi connectivity index (χ4v) is 2.80. The summed E-state index contributed by atoms with van der Waals surface area (Å²) in [4.78, 5) is 10.9. The highest BCUT2D eigenvalue weighted by molar-refractivity contribution is 5.87. The van der Waals surface area contributed by atoms with E-state index in [-0.39, 0.29) is 0 Å². The minimum atomic E-state index is 0.302. The fraction of sp³-hybridized carbons (Fsp3) is 0.583. The summed E-state index contributed by atoms with van der Waals surface area (Å²) in [7, 11) is 0. The number of fused-ring (bicyclic) bond motifs is 1. The van der Waals surface area contributed by atoms with Crippen LogP contribution >= 0.6 is 0 Å². The number of nitrogen functional groups attached to an aromatic ring is 1. The Balaban J connectivity index is 2.10. The van der Waals surface area contributed by atoms with Crippen molar-refractivity contribution < 1.29 is 0 Å². The summed E-state index contributed by atoms with van der Waals surface area (Å²) in [6.45, 7) is 5.53. The van der Waals surface area contributed by atoms with Gasteiger partial charge in [-0.1, -0.05) is 13.8 Å². The van der Waals surface area contributed by atoms with Gasteiger partial charge in [0.25, 0.3) is 0 Å². The highest BCUT2D eigenvalue weighted by Crippen LogP contribution is 2.32. The third-order valence-electron chi connectivity index (χ3n) is 3.65. The molecule has 6 nitrogen and oxygen atoms in total. The lowest BCUT2D eigenvalue weighted by molar-refractivity contribution is 0.490. The van der Waals surface area contributed by atoms with Gasteiger partial charge in [-0.3, -0.25) is 5.10 Å². The summed E-state index contributed by atoms with van der Waals surface area (Å²) >= 11 is 0. The van der Waals surface area contributed by atoms with E-state index in [1.54, 1.807) is 6.20 Å². The highest BCUT2D eigenvalue weighted by Gasteiger charge is 2.29. The van der Waals surface area contributed by atoms with Crippen molar-refractivity contribution in [1.29, 1.82) is 0 Å². The second-order valence-corrected chi connectivity index (χ2v) is 5.18. The van der Waals surface area contributed by atoms with Crippen LogP contribution in [0.5, 0.6) is 0 Å². The van der Waals surface area contributed by atoms with Crippen molar-refractivity contribution in [1.82, 2.24) is 20.2 Å². The number of rotatable bonds is 2. The van der Waals surface area contributed by atoms with Crippen molar-refractivity contribution in [3.05, 3.63) is 6.20 Å². The molecular formula is C12H18N6. The van der Waals surface area contributed by atoms with Crippen molar-refractivity contribution in [2.24, 2.45) is 5.92 Å². The molecule has 0 spiro atoms. The Bertz CT molecular complexity index is 561. The van der Waals surface area contributed by atoms with E-state index in [1.807, 2.05) is 0 Å². The Hall–Kier alpha value is -1.85. The van der Waals surface area contributed by atoms with Crippen LogP contribution in [0.1, 0.15) is 26.7 Å². The second-order valence-electron chi connectivity index (χ2n) is 5.18. The predicted molar refractivity (Wildman–Crippen MR) is 71.3 cm³/mol. The Morgan fingerprint density at radius 3 is 3.06 bits per heavy atom. The molecule has 18 heavy (non-hydrogen) atoms. The summed E-state index contributed by atoms with van der Waals surface area (Å²) in [6.07, 6.45) is 4.19. The summed E-state index contributed by atoms with van der Waals surface area (Å²) in [6, 6.07) is 0.525. The van der Waals surface area contributed by atoms with E-state index < -0.39 is 0 Å². The molecule has 3 heterocycles. The van der Waals surface area contributed by atoms with E-state index in [0.29, 0.717) is 23.6 Å². The lowest BCUT2D eigenvalue weighted by atomic mass is 10.0. The van der Waals surface area contributed by atoms with Gasteiger partial charge in [0.15, 0.2) is 5.65 Å². The first kappa shape index (κ1) is 11.3. The third-order valence-corrected chi connectivity index (χ3v) is 3.65. The van der Waals surface area contributed by atoms with Crippen LogP contribution in [0.25, 0.3) is 11.0 Å². The molecule has 1 saturated heterocycles. The predicted octanol–water partition coefficient (Wildman–Crippen LogP) is 1.56. The largest absolute Gasteiger partial charge is 0.368 e. The van der Waals surface area contributed by atoms with E-state index >= 15 is 0 Å². The van der Waals surface area contributed by atoms with Gasteiger partial charge in [0.2, 0.25) is 5.95 Å². The van der Waals surface area contributed by atoms with Crippen molar-refractivity contribution in [3.63, 3.8) is 0 Å². The average Bonchev–Trinajstić information content (AvgIpc) is 2.95. The molecule has 0 radical (unpaired) electrons. The molecule has 1 fully saturated rings. The molecule has 96 valence electrons. The number of nitrogens with one attached hydrogen (secondary N) is 1. The lowest BCUT2D eigenvalue weighted by Gasteiger charge is -2.29. The van der Waals surface area contributed by atoms with E-state index in [9.17, 15) is 0 Å². The Kier molecular flexibility index (Phi) is 2.57. The number of H-pyrrole nitrogens is 1. The number of hydrogen-bond donors (Lipinski definition) is 2. The molecular weight excluding hydrogens is 228 g/mol. The molecule has 1 unspecified atom stereocenters. The maximum atomic E-state index is 5.78. The quantitative estimate of drug-likeness (QED) is 0.840. The summed E-state index contributed by atoms with van der Waals surface area (Å²) in [5.41, 5.74) is 6.49. The smallest absolute Gasteiger partial charge is 0.224 e. The van der Waals surface area contributed by atoms with Gasteiger partial charge in [0, 0.05) is 12.6 Å². The van der Waals surface area contributed by atoms with E-state index in [4.69, 9.17) is 5.73 Å². The first-order chi connectivity index (χ1) is 8.66. The average molecular weight is 246 g/mol. The van der Waals surface area contributed by atoms with Gasteiger partial charge in [-0.15, -0.1) is 0 Å². The molecule has 0 amide bonds. The number of nitrogens with two attached hydrogens (primary N) is 1. The number of nitrogens with zero attached hydrogens (tertiary/aromatic N) is 4. The Morgan fingerprint density at radius 1 is 1.44 bits per heavy atom. The topological polar surface area (TPSA) is 83.7 Å². The first-order valence-corrected chi connectivity index (χ1v) is 6.40. The SMILES string of the molecule is CC(C)C1CCCN1c1nc(N)nc2[nH]ncc12. The minimum absolute atomic E-state index is 0.302. The van der Waals surface area contributed by atoms with Gasteiger partial charge < -0.3 is 10.6 Å². The van der Waals surface area contributed by atoms with Crippen molar-refractivity contribution in [2.45, 2.75) is 32.7 Å². The van der Waals surface area contributed by atoms with Gasteiger partial charge in [0.1, 0.15) is 5.82 Å². The number of anilines is 2. The van der Waals surface area contributed by atoms with Crippen LogP contribution < -0.4 is 10.6 Å². The molecule has 1 atom stereocenters. The lowest BCUT2D eigenvalue weighted by Crippen LogP contribution is -2.34. The summed E-state index contributed by atoms with van der Waals surface area (Å²) in [5, 5.41) is 7.85. The van der Waals surface area contributed by atoms with Gasteiger partial charge in [-0.25, -0.2) is 0 Å². The zero-order chi connectivity index (χ0) is 12.7. The maximum absolute atomic E-state index is 5.78. The Morgan fingerprint density at radius 2 is 2.28 bits per heavy atom. The number of hydrogen-bond acceptors (Lipinski definition) is 5. The van der Waals surface area contributed by atoms with Gasteiger partial charge in [0.05, 0.1) is 11.6 Å². The van der Waals surface area contributed by atoms with E-state index in [0.717, 1.165) is 17.7 Å². The standard InChI is InChI=1S/C12H18N6/c1-7(2)9-4-3-5-18(9)11-8-6-14-17-10(8)15-12(13)16-11/h6-7,9H,3-5H2,1-2H3,(H3,13,14,15,16,17). The summed E-state index contributed by atoms with van der Waals surface area (Å²) in [5.74, 6) is 1.82. The van der Waals surface area contributed by atoms with Gasteiger partial charge in [-0.2, -0.15) is 15.1 Å². The Labute approximate surface area is 106 Å². The molecule has 6 heteroatoms. The van der Waals surface area contributed by atoms with Crippen LogP contribution in [0, 0.1) is 5.92 Å². The molecule has 1 aliphatic rings. The third kappa shape index (κ3) is 1.68. The zero-order valence-corrected chi connectivity index (χ0v) is 10.7. The fourth-order valence-electron chi connectivity index (χ4n) is 2.80. The van der Waals surface area contributed by atoms with E-state index in [2.05, 4.69) is 38.9 Å². The molecule has 1 aliphatic heterocycles. The molecule has 3 N–H and O–H groups in total. The van der Waals surface area contributed by atoms with Crippen molar-refractivity contribution >= 4 is 22.8 Å². The van der Waals surface area contributed by atoms with Gasteiger partial charge in [-0.05, 0) is 18.8 Å².